The molecule has 0 aromatic rings. The van der Waals surface area contributed by atoms with Crippen LogP contribution in [0.4, 0.5) is 0 Å². The minimum absolute atomic E-state index is 0.231. The molecule has 0 aliphatic heterocycles. The maximum Gasteiger partial charge on any atom is 0.472 e. The van der Waals surface area contributed by atoms with Gasteiger partial charge in [0.25, 0.3) is 0 Å². The van der Waals surface area contributed by atoms with Gasteiger partial charge in [-0.05, 0) is 64.2 Å². The lowest BCUT2D eigenvalue weighted by Gasteiger charge is -2.19. The lowest BCUT2D eigenvalue weighted by Crippen LogP contribution is -2.29. The number of carbonyl (C=O) groups is 2. The molecule has 0 spiro atoms. The number of carbonyl (C=O) groups excluding carboxylic acids is 2. The van der Waals surface area contributed by atoms with Crippen molar-refractivity contribution in [3.05, 3.63) is 36.5 Å². The Labute approximate surface area is 306 Å². The molecule has 9 heteroatoms. The highest BCUT2D eigenvalue weighted by Crippen LogP contribution is 2.42. The summed E-state index contributed by atoms with van der Waals surface area (Å²) in [4.78, 5) is 34.3. The van der Waals surface area contributed by atoms with Crippen molar-refractivity contribution in [1.82, 2.24) is 0 Å². The molecule has 0 bridgehead atoms. The predicted octanol–water partition coefficient (Wildman–Crippen LogP) is 12.4. The van der Waals surface area contributed by atoms with E-state index in [0.717, 1.165) is 77.7 Å². The molecule has 0 fully saturated rings. The molecule has 292 valence electrons. The topological polar surface area (TPSA) is 108 Å². The van der Waals surface area contributed by atoms with Crippen LogP contribution in [0.25, 0.3) is 0 Å². The third-order valence-electron chi connectivity index (χ3n) is 8.59. The van der Waals surface area contributed by atoms with E-state index in [1.165, 1.54) is 83.5 Å². The standard InChI is InChI=1S/C41H75O8P/c1-4-6-8-10-12-14-16-17-18-19-20-21-22-23-24-25-26-28-30-32-34-36-41(43)49-39(38-48-50(44,45)46-3)37-47-40(42)35-33-31-29-27-15-13-11-9-7-5-2/h9,11,16-17,19-20,39H,4-8,10,12-15,18,21-38H2,1-3H3,(H,44,45)/b11-9-,17-16-,20-19-. The van der Waals surface area contributed by atoms with Gasteiger partial charge in [-0.1, -0.05) is 147 Å². The number of esters is 2. The zero-order valence-corrected chi connectivity index (χ0v) is 33.2. The van der Waals surface area contributed by atoms with Crippen molar-refractivity contribution in [1.29, 1.82) is 0 Å². The van der Waals surface area contributed by atoms with E-state index in [0.29, 0.717) is 6.42 Å². The summed E-state index contributed by atoms with van der Waals surface area (Å²) in [5.74, 6) is -0.821. The second-order valence-corrected chi connectivity index (χ2v) is 15.0. The largest absolute Gasteiger partial charge is 0.472 e. The molecule has 0 aliphatic rings. The fourth-order valence-electron chi connectivity index (χ4n) is 5.45. The van der Waals surface area contributed by atoms with Crippen molar-refractivity contribution in [2.24, 2.45) is 0 Å². The summed E-state index contributed by atoms with van der Waals surface area (Å²) in [7, 11) is -3.20. The first-order valence-corrected chi connectivity index (χ1v) is 21.7. The van der Waals surface area contributed by atoms with E-state index in [9.17, 15) is 19.0 Å². The molecule has 1 N–H and O–H groups in total. The van der Waals surface area contributed by atoms with Gasteiger partial charge in [0, 0.05) is 20.0 Å². The fourth-order valence-corrected chi connectivity index (χ4v) is 5.91. The average Bonchev–Trinajstić information content (AvgIpc) is 3.10. The second kappa shape index (κ2) is 37.0. The SMILES string of the molecule is CCC/C=C\CCCCCCCC(=O)OCC(COP(=O)(O)OC)OC(=O)CCCCCCCCCCC/C=C\C/C=C\CCCCCCC. The summed E-state index contributed by atoms with van der Waals surface area (Å²) in [5, 5.41) is 0. The molecule has 0 aliphatic carbocycles. The van der Waals surface area contributed by atoms with Crippen LogP contribution in [-0.4, -0.2) is 43.3 Å². The Morgan fingerprint density at radius 2 is 1.00 bits per heavy atom. The predicted molar refractivity (Wildman–Crippen MR) is 207 cm³/mol. The van der Waals surface area contributed by atoms with E-state index in [-0.39, 0.29) is 25.4 Å². The third-order valence-corrected chi connectivity index (χ3v) is 9.52. The molecule has 8 nitrogen and oxygen atoms in total. The highest BCUT2D eigenvalue weighted by atomic mass is 31.2. The molecule has 2 atom stereocenters. The molecular formula is C41H75O8P. The smallest absolute Gasteiger partial charge is 0.462 e. The van der Waals surface area contributed by atoms with E-state index in [2.05, 4.69) is 54.8 Å². The summed E-state index contributed by atoms with van der Waals surface area (Å²) >= 11 is 0. The third kappa shape index (κ3) is 36.1. The number of phosphoric ester groups is 1. The molecule has 0 aromatic carbocycles. The van der Waals surface area contributed by atoms with Gasteiger partial charge in [0.15, 0.2) is 6.10 Å². The Kier molecular flexibility index (Phi) is 35.8. The van der Waals surface area contributed by atoms with E-state index < -0.39 is 26.5 Å². The zero-order chi connectivity index (χ0) is 36.8. The number of ether oxygens (including phenoxy) is 2. The quantitative estimate of drug-likeness (QED) is 0.0292. The molecule has 0 amide bonds. The van der Waals surface area contributed by atoms with Gasteiger partial charge in [-0.15, -0.1) is 0 Å². The molecule has 2 unspecified atom stereocenters. The highest BCUT2D eigenvalue weighted by Gasteiger charge is 2.24. The van der Waals surface area contributed by atoms with Crippen LogP contribution in [0.1, 0.15) is 187 Å². The van der Waals surface area contributed by atoms with Crippen LogP contribution >= 0.6 is 7.82 Å². The van der Waals surface area contributed by atoms with Gasteiger partial charge >= 0.3 is 19.8 Å². The lowest BCUT2D eigenvalue weighted by molar-refractivity contribution is -0.161. The Bertz CT molecular complexity index is 916. The van der Waals surface area contributed by atoms with E-state index in [1.807, 2.05) is 0 Å². The summed E-state index contributed by atoms with van der Waals surface area (Å²) in [6.07, 6.45) is 42.0. The number of unbranched alkanes of at least 4 members (excludes halogenated alkanes) is 20. The zero-order valence-electron chi connectivity index (χ0n) is 32.3. The van der Waals surface area contributed by atoms with Crippen LogP contribution in [0, 0.1) is 0 Å². The number of rotatable bonds is 37. The van der Waals surface area contributed by atoms with E-state index in [1.54, 1.807) is 0 Å². The van der Waals surface area contributed by atoms with Crippen LogP contribution < -0.4 is 0 Å². The minimum atomic E-state index is -4.26. The maximum absolute atomic E-state index is 12.5. The maximum atomic E-state index is 12.5. The molecule has 50 heavy (non-hydrogen) atoms. The summed E-state index contributed by atoms with van der Waals surface area (Å²) in [6, 6.07) is 0. The Balaban J connectivity index is 3.98. The number of hydrogen-bond acceptors (Lipinski definition) is 7. The van der Waals surface area contributed by atoms with Gasteiger partial charge in [0.05, 0.1) is 6.61 Å². The van der Waals surface area contributed by atoms with Gasteiger partial charge in [0.1, 0.15) is 6.61 Å². The van der Waals surface area contributed by atoms with Gasteiger partial charge in [-0.3, -0.25) is 18.6 Å². The second-order valence-electron chi connectivity index (χ2n) is 13.4. The van der Waals surface area contributed by atoms with Crippen molar-refractivity contribution in [3.63, 3.8) is 0 Å². The van der Waals surface area contributed by atoms with E-state index >= 15 is 0 Å². The Morgan fingerprint density at radius 3 is 1.50 bits per heavy atom. The molecule has 0 saturated carbocycles. The molecule has 0 saturated heterocycles. The van der Waals surface area contributed by atoms with Crippen LogP contribution in [0.15, 0.2) is 36.5 Å². The van der Waals surface area contributed by atoms with Crippen LogP contribution in [0.3, 0.4) is 0 Å². The van der Waals surface area contributed by atoms with Gasteiger partial charge in [-0.2, -0.15) is 0 Å². The summed E-state index contributed by atoms with van der Waals surface area (Å²) in [5.41, 5.74) is 0. The molecule has 0 rings (SSSR count). The molecule has 0 aromatic heterocycles. The van der Waals surface area contributed by atoms with Crippen molar-refractivity contribution >= 4 is 19.8 Å². The average molecular weight is 727 g/mol. The summed E-state index contributed by atoms with van der Waals surface area (Å²) in [6.45, 7) is 3.80. The van der Waals surface area contributed by atoms with Crippen molar-refractivity contribution < 1.29 is 37.6 Å². The Morgan fingerprint density at radius 1 is 0.560 bits per heavy atom. The number of hydrogen-bond donors (Lipinski definition) is 1. The van der Waals surface area contributed by atoms with Gasteiger partial charge in [-0.25, -0.2) is 4.57 Å². The summed E-state index contributed by atoms with van der Waals surface area (Å²) < 4.78 is 31.9. The van der Waals surface area contributed by atoms with Crippen molar-refractivity contribution in [2.75, 3.05) is 20.3 Å². The monoisotopic (exact) mass is 727 g/mol. The highest BCUT2D eigenvalue weighted by molar-refractivity contribution is 7.47. The van der Waals surface area contributed by atoms with Crippen LogP contribution in [0.5, 0.6) is 0 Å². The minimum Gasteiger partial charge on any atom is -0.462 e. The first-order chi connectivity index (χ1) is 24.3. The number of allylic oxidation sites excluding steroid dienone is 6. The number of phosphoric acid groups is 1. The lowest BCUT2D eigenvalue weighted by atomic mass is 10.1. The fraction of sp³-hybridized carbons (Fsp3) is 0.805. The van der Waals surface area contributed by atoms with Gasteiger partial charge < -0.3 is 14.4 Å². The molecule has 0 heterocycles. The van der Waals surface area contributed by atoms with E-state index in [4.69, 9.17) is 14.0 Å². The van der Waals surface area contributed by atoms with Crippen LogP contribution in [0.2, 0.25) is 0 Å². The van der Waals surface area contributed by atoms with Gasteiger partial charge in [0.2, 0.25) is 0 Å². The van der Waals surface area contributed by atoms with Crippen molar-refractivity contribution in [3.8, 4) is 0 Å². The first-order valence-electron chi connectivity index (χ1n) is 20.2. The van der Waals surface area contributed by atoms with Crippen molar-refractivity contribution in [2.45, 2.75) is 193 Å². The molecular weight excluding hydrogens is 651 g/mol. The first kappa shape index (κ1) is 48.3. The van der Waals surface area contributed by atoms with Crippen LogP contribution in [-0.2, 0) is 32.7 Å². The molecule has 0 radical (unpaired) electrons. The Hall–Kier alpha value is -1.73. The normalized spacial score (nSPS) is 13.8.